The van der Waals surface area contributed by atoms with Crippen LogP contribution in [0.3, 0.4) is 0 Å². The molecule has 6 nitrogen and oxygen atoms in total. The van der Waals surface area contributed by atoms with Gasteiger partial charge in [0.2, 0.25) is 0 Å². The van der Waals surface area contributed by atoms with E-state index in [1.54, 1.807) is 6.20 Å². The Balaban J connectivity index is 1.93. The van der Waals surface area contributed by atoms with Gasteiger partial charge in [-0.25, -0.2) is 0 Å². The topological polar surface area (TPSA) is 67.9 Å². The highest BCUT2D eigenvalue weighted by Crippen LogP contribution is 2.12. The fourth-order valence-corrected chi connectivity index (χ4v) is 2.33. The van der Waals surface area contributed by atoms with Crippen molar-refractivity contribution in [2.75, 3.05) is 6.61 Å². The Labute approximate surface area is 119 Å². The third-order valence-corrected chi connectivity index (χ3v) is 3.49. The minimum Gasteiger partial charge on any atom is -0.394 e. The molecule has 6 heteroatoms. The quantitative estimate of drug-likeness (QED) is 0.788. The Morgan fingerprint density at radius 3 is 2.85 bits per heavy atom. The highest BCUT2D eigenvalue weighted by molar-refractivity contribution is 5.24. The smallest absolute Gasteiger partial charge is 0.0644 e. The minimum atomic E-state index is 0.116. The van der Waals surface area contributed by atoms with Gasteiger partial charge in [-0.3, -0.25) is 9.36 Å². The molecule has 2 aromatic heterocycles. The lowest BCUT2D eigenvalue weighted by molar-refractivity contribution is 0.267. The van der Waals surface area contributed by atoms with E-state index < -0.39 is 0 Å². The van der Waals surface area contributed by atoms with Crippen molar-refractivity contribution < 1.29 is 5.11 Å². The average Bonchev–Trinajstić information content (AvgIpc) is 2.99. The van der Waals surface area contributed by atoms with Crippen LogP contribution in [0, 0.1) is 13.8 Å². The van der Waals surface area contributed by atoms with Crippen LogP contribution in [0.25, 0.3) is 0 Å². The third kappa shape index (κ3) is 3.46. The second-order valence-corrected chi connectivity index (χ2v) is 5.11. The van der Waals surface area contributed by atoms with Crippen molar-refractivity contribution in [3.63, 3.8) is 0 Å². The van der Waals surface area contributed by atoms with Crippen LogP contribution in [0.5, 0.6) is 0 Å². The van der Waals surface area contributed by atoms with Crippen LogP contribution in [0.2, 0.25) is 0 Å². The van der Waals surface area contributed by atoms with E-state index >= 15 is 0 Å². The Morgan fingerprint density at radius 1 is 1.40 bits per heavy atom. The molecule has 20 heavy (non-hydrogen) atoms. The first-order valence-electron chi connectivity index (χ1n) is 6.96. The molecule has 0 saturated heterocycles. The zero-order chi connectivity index (χ0) is 14.5. The van der Waals surface area contributed by atoms with Gasteiger partial charge in [-0.1, -0.05) is 0 Å². The number of rotatable bonds is 7. The number of hydrogen-bond donors (Lipinski definition) is 2. The Bertz CT molecular complexity index is 532. The number of nitrogens with zero attached hydrogens (tertiary/aromatic N) is 4. The molecule has 0 aliphatic heterocycles. The summed E-state index contributed by atoms with van der Waals surface area (Å²) in [5.41, 5.74) is 3.36. The highest BCUT2D eigenvalue weighted by Gasteiger charge is 2.12. The van der Waals surface area contributed by atoms with Gasteiger partial charge in [0.25, 0.3) is 0 Å². The molecule has 0 fully saturated rings. The summed E-state index contributed by atoms with van der Waals surface area (Å²) in [4.78, 5) is 0. The fourth-order valence-electron chi connectivity index (χ4n) is 2.33. The molecule has 0 amide bonds. The molecule has 0 radical (unpaired) electrons. The van der Waals surface area contributed by atoms with Gasteiger partial charge in [-0.2, -0.15) is 10.2 Å². The van der Waals surface area contributed by atoms with E-state index in [0.717, 1.165) is 24.5 Å². The maximum atomic E-state index is 9.02. The molecule has 1 unspecified atom stereocenters. The Morgan fingerprint density at radius 2 is 2.20 bits per heavy atom. The second kappa shape index (κ2) is 6.67. The maximum absolute atomic E-state index is 9.02. The van der Waals surface area contributed by atoms with Gasteiger partial charge in [-0.05, 0) is 26.8 Å². The molecule has 0 bridgehead atoms. The maximum Gasteiger partial charge on any atom is 0.0644 e. The second-order valence-electron chi connectivity index (χ2n) is 5.11. The summed E-state index contributed by atoms with van der Waals surface area (Å²) in [6.07, 6.45) is 3.76. The lowest BCUT2D eigenvalue weighted by Gasteiger charge is -2.14. The number of aliphatic hydroxyl groups is 1. The average molecular weight is 277 g/mol. The first-order chi connectivity index (χ1) is 9.61. The number of aliphatic hydroxyl groups excluding tert-OH is 1. The van der Waals surface area contributed by atoms with Crippen molar-refractivity contribution in [2.24, 2.45) is 0 Å². The third-order valence-electron chi connectivity index (χ3n) is 3.49. The monoisotopic (exact) mass is 277 g/mol. The van der Waals surface area contributed by atoms with Crippen LogP contribution in [-0.2, 0) is 19.6 Å². The molecule has 2 N–H and O–H groups in total. The molecule has 2 aromatic rings. The van der Waals surface area contributed by atoms with Gasteiger partial charge in [0, 0.05) is 36.2 Å². The summed E-state index contributed by atoms with van der Waals surface area (Å²) in [7, 11) is 0. The number of hydrogen-bond acceptors (Lipinski definition) is 4. The van der Waals surface area contributed by atoms with Crippen LogP contribution >= 0.6 is 0 Å². The van der Waals surface area contributed by atoms with E-state index in [2.05, 4.69) is 22.4 Å². The van der Waals surface area contributed by atoms with E-state index in [9.17, 15) is 0 Å². The van der Waals surface area contributed by atoms with Crippen LogP contribution in [0.15, 0.2) is 18.5 Å². The van der Waals surface area contributed by atoms with Crippen molar-refractivity contribution in [2.45, 2.75) is 46.4 Å². The SMILES string of the molecule is Cc1nn(CCO)c(C)c1CNC(C)Cn1cccn1. The largest absolute Gasteiger partial charge is 0.394 e. The van der Waals surface area contributed by atoms with Crippen molar-refractivity contribution in [1.82, 2.24) is 24.9 Å². The van der Waals surface area contributed by atoms with Gasteiger partial charge in [0.05, 0.1) is 25.4 Å². The predicted molar refractivity (Wildman–Crippen MR) is 77.3 cm³/mol. The van der Waals surface area contributed by atoms with Gasteiger partial charge in [0.15, 0.2) is 0 Å². The molecule has 0 aliphatic rings. The van der Waals surface area contributed by atoms with Crippen molar-refractivity contribution in [3.8, 4) is 0 Å². The first-order valence-corrected chi connectivity index (χ1v) is 6.96. The minimum absolute atomic E-state index is 0.116. The molecule has 110 valence electrons. The van der Waals surface area contributed by atoms with Gasteiger partial charge >= 0.3 is 0 Å². The fraction of sp³-hybridized carbons (Fsp3) is 0.571. The standard InChI is InChI=1S/C14H23N5O/c1-11(10-18-6-4-5-16-18)15-9-14-12(2)17-19(7-8-20)13(14)3/h4-6,11,15,20H,7-10H2,1-3H3. The van der Waals surface area contributed by atoms with E-state index in [4.69, 9.17) is 5.11 Å². The summed E-state index contributed by atoms with van der Waals surface area (Å²) in [5.74, 6) is 0. The van der Waals surface area contributed by atoms with Crippen LogP contribution in [-0.4, -0.2) is 37.3 Å². The summed E-state index contributed by atoms with van der Waals surface area (Å²) >= 11 is 0. The molecule has 0 spiro atoms. The number of nitrogens with one attached hydrogen (secondary N) is 1. The summed E-state index contributed by atoms with van der Waals surface area (Å²) < 4.78 is 3.79. The molecule has 2 rings (SSSR count). The summed E-state index contributed by atoms with van der Waals surface area (Å²) in [6, 6.07) is 2.26. The first kappa shape index (κ1) is 14.7. The molecule has 0 aromatic carbocycles. The van der Waals surface area contributed by atoms with Gasteiger partial charge in [-0.15, -0.1) is 0 Å². The van der Waals surface area contributed by atoms with Crippen molar-refractivity contribution in [3.05, 3.63) is 35.4 Å². The van der Waals surface area contributed by atoms with Gasteiger partial charge in [0.1, 0.15) is 0 Å². The summed E-state index contributed by atoms with van der Waals surface area (Å²) in [5, 5.41) is 21.2. The lowest BCUT2D eigenvalue weighted by Crippen LogP contribution is -2.30. The molecule has 0 saturated carbocycles. The van der Waals surface area contributed by atoms with E-state index in [-0.39, 0.29) is 6.61 Å². The molecular weight excluding hydrogens is 254 g/mol. The predicted octanol–water partition coefficient (Wildman–Crippen LogP) is 0.867. The Kier molecular flexibility index (Phi) is 4.92. The van der Waals surface area contributed by atoms with Crippen LogP contribution in [0.1, 0.15) is 23.9 Å². The van der Waals surface area contributed by atoms with E-state index in [0.29, 0.717) is 12.6 Å². The Hall–Kier alpha value is -1.66. The zero-order valence-corrected chi connectivity index (χ0v) is 12.4. The van der Waals surface area contributed by atoms with Crippen LogP contribution in [0.4, 0.5) is 0 Å². The summed E-state index contributed by atoms with van der Waals surface area (Å²) in [6.45, 7) is 8.49. The van der Waals surface area contributed by atoms with Crippen LogP contribution < -0.4 is 5.32 Å². The molecular formula is C14H23N5O. The van der Waals surface area contributed by atoms with E-state index in [1.807, 2.05) is 35.5 Å². The van der Waals surface area contributed by atoms with Crippen molar-refractivity contribution in [1.29, 1.82) is 0 Å². The molecule has 2 heterocycles. The van der Waals surface area contributed by atoms with Crippen molar-refractivity contribution >= 4 is 0 Å². The van der Waals surface area contributed by atoms with E-state index in [1.165, 1.54) is 5.56 Å². The highest BCUT2D eigenvalue weighted by atomic mass is 16.3. The number of aryl methyl sites for hydroxylation is 1. The zero-order valence-electron chi connectivity index (χ0n) is 12.4. The lowest BCUT2D eigenvalue weighted by atomic mass is 10.2. The number of aromatic nitrogens is 4. The normalized spacial score (nSPS) is 12.8. The van der Waals surface area contributed by atoms with Gasteiger partial charge < -0.3 is 10.4 Å². The molecule has 1 atom stereocenters. The molecule has 0 aliphatic carbocycles.